The Morgan fingerprint density at radius 1 is 0.304 bits per heavy atom. The average Bonchev–Trinajstić information content (AvgIpc) is 3.77. The first-order valence-corrected chi connectivity index (χ1v) is 24.3. The van der Waals surface area contributed by atoms with Crippen molar-refractivity contribution in [1.82, 2.24) is 0 Å². The topological polar surface area (TPSA) is 6.48 Å². The molecule has 330 valence electrons. The predicted molar refractivity (Wildman–Crippen MR) is 288 cm³/mol. The monoisotopic (exact) mass is 884 g/mol. The summed E-state index contributed by atoms with van der Waals surface area (Å²) in [6.07, 6.45) is 0. The number of anilines is 6. The van der Waals surface area contributed by atoms with E-state index in [4.69, 9.17) is 0 Å². The van der Waals surface area contributed by atoms with Gasteiger partial charge in [-0.3, -0.25) is 0 Å². The minimum atomic E-state index is -0.592. The van der Waals surface area contributed by atoms with E-state index in [0.29, 0.717) is 0 Å². The number of hydrogen-bond donors (Lipinski definition) is 0. The minimum Gasteiger partial charge on any atom is -0.310 e. The number of para-hydroxylation sites is 2. The zero-order valence-electron chi connectivity index (χ0n) is 39.5. The number of rotatable bonds is 7. The Hall–Kier alpha value is -8.20. The molecule has 0 unspecified atom stereocenters. The molecule has 0 radical (unpaired) electrons. The second kappa shape index (κ2) is 15.4. The van der Waals surface area contributed by atoms with E-state index in [1.165, 1.54) is 89.3 Å². The molecule has 13 rings (SSSR count). The van der Waals surface area contributed by atoms with Crippen LogP contribution in [0.4, 0.5) is 34.1 Å². The molecule has 0 amide bonds. The lowest BCUT2D eigenvalue weighted by molar-refractivity contribution is 0.658. The van der Waals surface area contributed by atoms with E-state index in [0.717, 1.165) is 22.7 Å². The van der Waals surface area contributed by atoms with Crippen molar-refractivity contribution in [2.45, 2.75) is 43.9 Å². The first kappa shape index (κ1) is 41.0. The van der Waals surface area contributed by atoms with Gasteiger partial charge in [0.25, 0.3) is 0 Å². The third-order valence-corrected chi connectivity index (χ3v) is 15.7. The van der Waals surface area contributed by atoms with Crippen LogP contribution < -0.4 is 9.80 Å². The van der Waals surface area contributed by atoms with Gasteiger partial charge in [0, 0.05) is 33.6 Å². The van der Waals surface area contributed by atoms with Crippen LogP contribution in [0.2, 0.25) is 0 Å². The van der Waals surface area contributed by atoms with Crippen LogP contribution in [0.3, 0.4) is 0 Å². The van der Waals surface area contributed by atoms with Crippen LogP contribution in [0.1, 0.15) is 72.2 Å². The summed E-state index contributed by atoms with van der Waals surface area (Å²) in [5, 5.41) is 0. The SMILES string of the molecule is CC1(C)c2ccccc2-c2cc(C3(c4ccccc4)c4ccccc4N(c4ccc(N(c5ccc(-c6ccccc6)cc5)c5ccc6c(c5)C(C)(C)c5ccccc5-6)cc4)c4ccccc43)ccc21. The second-order valence-electron chi connectivity index (χ2n) is 20.1. The van der Waals surface area contributed by atoms with E-state index in [9.17, 15) is 0 Å². The Bertz CT molecular complexity index is 3550. The summed E-state index contributed by atoms with van der Waals surface area (Å²) in [7, 11) is 0. The molecule has 0 bridgehead atoms. The molecule has 0 N–H and O–H groups in total. The molecule has 10 aromatic carbocycles. The van der Waals surface area contributed by atoms with Crippen molar-refractivity contribution < 1.29 is 0 Å². The van der Waals surface area contributed by atoms with E-state index in [2.05, 4.69) is 280 Å². The van der Waals surface area contributed by atoms with Crippen LogP contribution >= 0.6 is 0 Å². The molecule has 2 heteroatoms. The summed E-state index contributed by atoms with van der Waals surface area (Å²) in [6, 6.07) is 90.5. The largest absolute Gasteiger partial charge is 0.310 e. The third-order valence-electron chi connectivity index (χ3n) is 15.7. The fourth-order valence-corrected chi connectivity index (χ4v) is 12.4. The molecule has 2 nitrogen and oxygen atoms in total. The van der Waals surface area contributed by atoms with Gasteiger partial charge in [0.05, 0.1) is 16.8 Å². The molecule has 0 saturated carbocycles. The average molecular weight is 885 g/mol. The van der Waals surface area contributed by atoms with Gasteiger partial charge in [0.2, 0.25) is 0 Å². The van der Waals surface area contributed by atoms with Gasteiger partial charge in [0.15, 0.2) is 0 Å². The molecule has 10 aromatic rings. The van der Waals surface area contributed by atoms with Gasteiger partial charge in [-0.2, -0.15) is 0 Å². The van der Waals surface area contributed by atoms with Crippen molar-refractivity contribution in [2.24, 2.45) is 0 Å². The molecule has 0 atom stereocenters. The molecular weight excluding hydrogens is 833 g/mol. The normalized spacial score (nSPS) is 15.0. The maximum atomic E-state index is 2.51. The Morgan fingerprint density at radius 3 is 1.38 bits per heavy atom. The lowest BCUT2D eigenvalue weighted by Gasteiger charge is -2.46. The van der Waals surface area contributed by atoms with Crippen LogP contribution in [0.25, 0.3) is 33.4 Å². The van der Waals surface area contributed by atoms with Crippen molar-refractivity contribution in [1.29, 1.82) is 0 Å². The quantitative estimate of drug-likeness (QED) is 0.157. The molecule has 3 aliphatic rings. The van der Waals surface area contributed by atoms with Crippen molar-refractivity contribution in [3.63, 3.8) is 0 Å². The summed E-state index contributed by atoms with van der Waals surface area (Å²) in [5.74, 6) is 0. The number of fused-ring (bicyclic) bond motifs is 8. The molecule has 0 spiro atoms. The Kier molecular flexibility index (Phi) is 9.17. The highest BCUT2D eigenvalue weighted by atomic mass is 15.2. The van der Waals surface area contributed by atoms with E-state index in [1.807, 2.05) is 0 Å². The van der Waals surface area contributed by atoms with Crippen LogP contribution in [-0.4, -0.2) is 0 Å². The Morgan fingerprint density at radius 2 is 0.754 bits per heavy atom. The first-order valence-electron chi connectivity index (χ1n) is 24.3. The fraction of sp³-hybridized carbons (Fsp3) is 0.104. The highest BCUT2D eigenvalue weighted by molar-refractivity contribution is 5.92. The predicted octanol–water partition coefficient (Wildman–Crippen LogP) is 17.6. The van der Waals surface area contributed by atoms with Gasteiger partial charge in [-0.25, -0.2) is 0 Å². The highest BCUT2D eigenvalue weighted by Crippen LogP contribution is 2.60. The Labute approximate surface area is 406 Å². The summed E-state index contributed by atoms with van der Waals surface area (Å²) < 4.78 is 0. The molecule has 0 aromatic heterocycles. The summed E-state index contributed by atoms with van der Waals surface area (Å²) >= 11 is 0. The van der Waals surface area contributed by atoms with Crippen molar-refractivity contribution in [2.75, 3.05) is 9.80 Å². The minimum absolute atomic E-state index is 0.0834. The van der Waals surface area contributed by atoms with Crippen LogP contribution in [0, 0.1) is 0 Å². The maximum Gasteiger partial charge on any atom is 0.0742 e. The summed E-state index contributed by atoms with van der Waals surface area (Å²) in [5.41, 5.74) is 24.2. The van der Waals surface area contributed by atoms with Crippen LogP contribution in [0.15, 0.2) is 243 Å². The van der Waals surface area contributed by atoms with E-state index in [-0.39, 0.29) is 10.8 Å². The zero-order valence-corrected chi connectivity index (χ0v) is 39.5. The van der Waals surface area contributed by atoms with Gasteiger partial charge >= 0.3 is 0 Å². The molecular formula is C67H52N2. The van der Waals surface area contributed by atoms with E-state index >= 15 is 0 Å². The number of benzene rings is 10. The Balaban J connectivity index is 0.962. The molecule has 1 heterocycles. The smallest absolute Gasteiger partial charge is 0.0742 e. The van der Waals surface area contributed by atoms with Gasteiger partial charge < -0.3 is 9.80 Å². The molecule has 0 fully saturated rings. The van der Waals surface area contributed by atoms with Gasteiger partial charge in [-0.15, -0.1) is 0 Å². The fourth-order valence-electron chi connectivity index (χ4n) is 12.4. The first-order chi connectivity index (χ1) is 33.7. The third kappa shape index (κ3) is 6.04. The molecule has 2 aliphatic carbocycles. The molecule has 0 saturated heterocycles. The van der Waals surface area contributed by atoms with Crippen LogP contribution in [-0.2, 0) is 16.2 Å². The second-order valence-corrected chi connectivity index (χ2v) is 20.1. The number of nitrogens with zero attached hydrogens (tertiary/aromatic N) is 2. The van der Waals surface area contributed by atoms with E-state index in [1.54, 1.807) is 0 Å². The van der Waals surface area contributed by atoms with Gasteiger partial charge in [-0.05, 0) is 145 Å². The van der Waals surface area contributed by atoms with Crippen molar-refractivity contribution in [3.8, 4) is 33.4 Å². The van der Waals surface area contributed by atoms with Crippen LogP contribution in [0.5, 0.6) is 0 Å². The molecule has 1 aliphatic heterocycles. The van der Waals surface area contributed by atoms with Crippen molar-refractivity contribution >= 4 is 34.1 Å². The van der Waals surface area contributed by atoms with Gasteiger partial charge in [-0.1, -0.05) is 204 Å². The number of hydrogen-bond acceptors (Lipinski definition) is 2. The lowest BCUT2D eigenvalue weighted by atomic mass is 9.62. The zero-order chi connectivity index (χ0) is 46.5. The lowest BCUT2D eigenvalue weighted by Crippen LogP contribution is -2.37. The van der Waals surface area contributed by atoms with E-state index < -0.39 is 5.41 Å². The highest BCUT2D eigenvalue weighted by Gasteiger charge is 2.47. The standard InChI is InChI=1S/C67H52N2/c1-65(2)58-26-14-12-24-54(58)56-43-48(33-42-59(56)65)67(47-21-9-6-10-22-47)60-27-15-17-29-63(60)69(64-30-18-16-28-61(64)67)51-38-36-50(37-39-51)68(49-34-31-46(32-35-49)45-19-7-5-8-20-45)52-40-41-55-53-23-11-13-25-57(53)66(3,4)62(55)44-52/h5-44H,1-4H3. The maximum absolute atomic E-state index is 2.51. The molecule has 69 heavy (non-hydrogen) atoms. The summed E-state index contributed by atoms with van der Waals surface area (Å²) in [6.45, 7) is 9.45. The summed E-state index contributed by atoms with van der Waals surface area (Å²) in [4.78, 5) is 4.90. The van der Waals surface area contributed by atoms with Crippen molar-refractivity contribution in [3.05, 3.63) is 287 Å². The van der Waals surface area contributed by atoms with Gasteiger partial charge in [0.1, 0.15) is 0 Å².